The van der Waals surface area contributed by atoms with Crippen molar-refractivity contribution in [1.29, 1.82) is 0 Å². The highest BCUT2D eigenvalue weighted by Crippen LogP contribution is 2.53. The second-order valence-corrected chi connectivity index (χ2v) is 6.47. The summed E-state index contributed by atoms with van der Waals surface area (Å²) in [7, 11) is 0. The predicted molar refractivity (Wildman–Crippen MR) is 60.4 cm³/mol. The first kappa shape index (κ1) is 14.4. The molecule has 3 nitrogen and oxygen atoms in total. The Balaban J connectivity index is 5.15. The molecule has 15 heavy (non-hydrogen) atoms. The maximum atomic E-state index is 11.2. The van der Waals surface area contributed by atoms with Crippen LogP contribution < -0.4 is 0 Å². The van der Waals surface area contributed by atoms with Gasteiger partial charge in [0, 0.05) is 0 Å². The molecule has 0 atom stereocenters. The molecule has 0 aliphatic carbocycles. The fourth-order valence-corrected chi connectivity index (χ4v) is 1.98. The minimum atomic E-state index is -0.567. The number of hydrogen-bond donors (Lipinski definition) is 1. The lowest BCUT2D eigenvalue weighted by molar-refractivity contribution is -0.239. The van der Waals surface area contributed by atoms with Gasteiger partial charge in [-0.3, -0.25) is 0 Å². The highest BCUT2D eigenvalue weighted by molar-refractivity contribution is 5.69. The molecule has 0 aromatic rings. The van der Waals surface area contributed by atoms with Gasteiger partial charge in [0.2, 0.25) is 0 Å². The summed E-state index contributed by atoms with van der Waals surface area (Å²) >= 11 is 0. The Hall–Kier alpha value is -0.570. The Kier molecular flexibility index (Phi) is 3.97. The Bertz CT molecular complexity index is 216. The van der Waals surface area contributed by atoms with Gasteiger partial charge in [0.15, 0.2) is 0 Å². The van der Waals surface area contributed by atoms with Crippen molar-refractivity contribution >= 4 is 5.97 Å². The Morgan fingerprint density at radius 3 is 1.53 bits per heavy atom. The molecule has 3 heteroatoms. The van der Waals surface area contributed by atoms with Gasteiger partial charge in [-0.05, 0) is 16.2 Å². The van der Waals surface area contributed by atoms with E-state index in [1.165, 1.54) is 0 Å². The van der Waals surface area contributed by atoms with E-state index >= 15 is 0 Å². The van der Waals surface area contributed by atoms with Gasteiger partial charge < -0.3 is 4.89 Å². The molecule has 0 radical (unpaired) electrons. The molecule has 0 fully saturated rings. The SMILES string of the molecule is CC(C)(C)C(C)(CC(=O)OO)C(C)(C)C. The second-order valence-electron chi connectivity index (χ2n) is 6.47. The average Bonchev–Trinajstić information content (AvgIpc) is 1.99. The molecular weight excluding hydrogens is 192 g/mol. The smallest absolute Gasteiger partial charge is 0.301 e. The van der Waals surface area contributed by atoms with Crippen molar-refractivity contribution in [2.24, 2.45) is 16.2 Å². The predicted octanol–water partition coefficient (Wildman–Crippen LogP) is 3.49. The van der Waals surface area contributed by atoms with Gasteiger partial charge in [0.1, 0.15) is 0 Å². The standard InChI is InChI=1S/C12H24O3/c1-10(2,3)12(7,11(4,5)6)8-9(13)15-14/h14H,8H2,1-7H3. The van der Waals surface area contributed by atoms with E-state index in [0.717, 1.165) is 0 Å². The van der Waals surface area contributed by atoms with Gasteiger partial charge in [-0.15, -0.1) is 0 Å². The number of carbonyl (C=O) groups excluding carboxylic acids is 1. The van der Waals surface area contributed by atoms with Crippen LogP contribution in [0.1, 0.15) is 54.9 Å². The van der Waals surface area contributed by atoms with E-state index in [4.69, 9.17) is 5.26 Å². The van der Waals surface area contributed by atoms with E-state index in [2.05, 4.69) is 53.4 Å². The Morgan fingerprint density at radius 1 is 1.00 bits per heavy atom. The van der Waals surface area contributed by atoms with Crippen molar-refractivity contribution in [3.8, 4) is 0 Å². The van der Waals surface area contributed by atoms with Gasteiger partial charge in [-0.25, -0.2) is 4.79 Å². The van der Waals surface area contributed by atoms with Gasteiger partial charge in [0.05, 0.1) is 6.42 Å². The molecule has 0 unspecified atom stereocenters. The van der Waals surface area contributed by atoms with Gasteiger partial charge >= 0.3 is 5.97 Å². The highest BCUT2D eigenvalue weighted by Gasteiger charge is 2.48. The van der Waals surface area contributed by atoms with E-state index in [1.807, 2.05) is 0 Å². The first-order valence-electron chi connectivity index (χ1n) is 5.30. The molecule has 0 amide bonds. The van der Waals surface area contributed by atoms with Crippen LogP contribution in [-0.2, 0) is 9.68 Å². The summed E-state index contributed by atoms with van der Waals surface area (Å²) in [4.78, 5) is 15.0. The maximum Gasteiger partial charge on any atom is 0.342 e. The quantitative estimate of drug-likeness (QED) is 0.567. The fourth-order valence-electron chi connectivity index (χ4n) is 1.98. The zero-order valence-corrected chi connectivity index (χ0v) is 11.0. The van der Waals surface area contributed by atoms with Crippen LogP contribution in [0.3, 0.4) is 0 Å². The van der Waals surface area contributed by atoms with Crippen LogP contribution in [0.15, 0.2) is 0 Å². The van der Waals surface area contributed by atoms with Crippen LogP contribution in [0.5, 0.6) is 0 Å². The number of rotatable bonds is 2. The average molecular weight is 216 g/mol. The largest absolute Gasteiger partial charge is 0.342 e. The molecule has 0 saturated carbocycles. The zero-order valence-electron chi connectivity index (χ0n) is 11.0. The minimum absolute atomic E-state index is 0.0422. The topological polar surface area (TPSA) is 46.5 Å². The summed E-state index contributed by atoms with van der Waals surface area (Å²) in [5.74, 6) is -0.567. The molecule has 1 N–H and O–H groups in total. The van der Waals surface area contributed by atoms with E-state index in [0.29, 0.717) is 0 Å². The molecule has 90 valence electrons. The van der Waals surface area contributed by atoms with Crippen molar-refractivity contribution in [3.05, 3.63) is 0 Å². The molecule has 0 aliphatic rings. The lowest BCUT2D eigenvalue weighted by Gasteiger charge is -2.50. The van der Waals surface area contributed by atoms with Crippen LogP contribution >= 0.6 is 0 Å². The zero-order chi connectivity index (χ0) is 12.5. The van der Waals surface area contributed by atoms with Crippen molar-refractivity contribution < 1.29 is 14.9 Å². The van der Waals surface area contributed by atoms with Crippen LogP contribution in [0.4, 0.5) is 0 Å². The summed E-state index contributed by atoms with van der Waals surface area (Å²) in [5, 5.41) is 8.38. The first-order chi connectivity index (χ1) is 6.45. The third-order valence-electron chi connectivity index (χ3n) is 3.91. The molecule has 0 saturated heterocycles. The summed E-state index contributed by atoms with van der Waals surface area (Å²) in [6, 6.07) is 0. The monoisotopic (exact) mass is 216 g/mol. The van der Waals surface area contributed by atoms with E-state index in [9.17, 15) is 4.79 Å². The van der Waals surface area contributed by atoms with Crippen molar-refractivity contribution in [1.82, 2.24) is 0 Å². The molecule has 0 heterocycles. The highest BCUT2D eigenvalue weighted by atomic mass is 17.1. The lowest BCUT2D eigenvalue weighted by Crippen LogP contribution is -2.45. The molecule has 0 bridgehead atoms. The van der Waals surface area contributed by atoms with E-state index < -0.39 is 5.97 Å². The third kappa shape index (κ3) is 2.94. The molecule has 0 aromatic carbocycles. The fraction of sp³-hybridized carbons (Fsp3) is 0.917. The molecule has 0 aliphatic heterocycles. The maximum absolute atomic E-state index is 11.2. The van der Waals surface area contributed by atoms with E-state index in [1.54, 1.807) is 0 Å². The minimum Gasteiger partial charge on any atom is -0.301 e. The van der Waals surface area contributed by atoms with Gasteiger partial charge in [-0.2, -0.15) is 5.26 Å². The van der Waals surface area contributed by atoms with Crippen LogP contribution in [0.25, 0.3) is 0 Å². The third-order valence-corrected chi connectivity index (χ3v) is 3.91. The summed E-state index contributed by atoms with van der Waals surface area (Å²) in [5.41, 5.74) is -0.321. The molecule has 0 aromatic heterocycles. The van der Waals surface area contributed by atoms with Crippen molar-refractivity contribution in [2.45, 2.75) is 54.9 Å². The van der Waals surface area contributed by atoms with Crippen LogP contribution in [0, 0.1) is 16.2 Å². The first-order valence-corrected chi connectivity index (χ1v) is 5.30. The molecular formula is C12H24O3. The Morgan fingerprint density at radius 2 is 1.33 bits per heavy atom. The number of carbonyl (C=O) groups is 1. The van der Waals surface area contributed by atoms with Crippen LogP contribution in [-0.4, -0.2) is 11.2 Å². The molecule has 0 spiro atoms. The summed E-state index contributed by atoms with van der Waals surface area (Å²) < 4.78 is 0. The van der Waals surface area contributed by atoms with E-state index in [-0.39, 0.29) is 22.7 Å². The molecule has 0 rings (SSSR count). The summed E-state index contributed by atoms with van der Waals surface area (Å²) in [6.07, 6.45) is 0.219. The number of hydrogen-bond acceptors (Lipinski definition) is 3. The van der Waals surface area contributed by atoms with Gasteiger partial charge in [-0.1, -0.05) is 48.5 Å². The Labute approximate surface area is 92.8 Å². The van der Waals surface area contributed by atoms with Crippen molar-refractivity contribution in [3.63, 3.8) is 0 Å². The van der Waals surface area contributed by atoms with Crippen molar-refractivity contribution in [2.75, 3.05) is 0 Å². The second kappa shape index (κ2) is 4.12. The van der Waals surface area contributed by atoms with Gasteiger partial charge in [0.25, 0.3) is 0 Å². The van der Waals surface area contributed by atoms with Crippen LogP contribution in [0.2, 0.25) is 0 Å². The lowest BCUT2D eigenvalue weighted by atomic mass is 9.54. The normalized spacial score (nSPS) is 13.9. The summed E-state index contributed by atoms with van der Waals surface area (Å²) in [6.45, 7) is 14.7.